The standard InChI is InChI=1S/C13H18N4/c1-3-10-9-13(17(2)16-10)12(14)8-11-6-4-5-7-15-11/h4-7,9,12H,3,8,14H2,1-2H3. The fraction of sp³-hybridized carbons (Fsp3) is 0.385. The van der Waals surface area contributed by atoms with Crippen molar-refractivity contribution in [2.75, 3.05) is 0 Å². The van der Waals surface area contributed by atoms with Gasteiger partial charge in [0, 0.05) is 25.4 Å². The Bertz CT molecular complexity index is 475. The molecule has 0 spiro atoms. The molecule has 0 bridgehead atoms. The van der Waals surface area contributed by atoms with E-state index in [1.807, 2.05) is 29.9 Å². The highest BCUT2D eigenvalue weighted by Crippen LogP contribution is 2.15. The van der Waals surface area contributed by atoms with Crippen molar-refractivity contribution in [3.63, 3.8) is 0 Å². The zero-order valence-electron chi connectivity index (χ0n) is 10.3. The minimum atomic E-state index is -0.0531. The van der Waals surface area contributed by atoms with Crippen LogP contribution in [0.2, 0.25) is 0 Å². The molecule has 0 aliphatic heterocycles. The number of nitrogens with two attached hydrogens (primary N) is 1. The van der Waals surface area contributed by atoms with Gasteiger partial charge >= 0.3 is 0 Å². The lowest BCUT2D eigenvalue weighted by molar-refractivity contribution is 0.608. The number of aryl methyl sites for hydroxylation is 2. The van der Waals surface area contributed by atoms with Crippen LogP contribution in [-0.2, 0) is 19.9 Å². The smallest absolute Gasteiger partial charge is 0.0625 e. The highest BCUT2D eigenvalue weighted by molar-refractivity contribution is 5.16. The predicted octanol–water partition coefficient (Wildman–Crippen LogP) is 1.62. The quantitative estimate of drug-likeness (QED) is 0.868. The number of rotatable bonds is 4. The molecule has 4 nitrogen and oxygen atoms in total. The van der Waals surface area contributed by atoms with Crippen LogP contribution in [0.5, 0.6) is 0 Å². The van der Waals surface area contributed by atoms with E-state index in [0.29, 0.717) is 0 Å². The van der Waals surface area contributed by atoms with Gasteiger partial charge < -0.3 is 5.73 Å². The third-order valence-electron chi connectivity index (χ3n) is 2.86. The number of pyridine rings is 1. The van der Waals surface area contributed by atoms with Crippen molar-refractivity contribution in [1.29, 1.82) is 0 Å². The third kappa shape index (κ3) is 2.71. The van der Waals surface area contributed by atoms with Crippen molar-refractivity contribution >= 4 is 0 Å². The highest BCUT2D eigenvalue weighted by atomic mass is 15.3. The lowest BCUT2D eigenvalue weighted by Crippen LogP contribution is -2.17. The molecule has 90 valence electrons. The Balaban J connectivity index is 2.14. The molecule has 0 fully saturated rings. The van der Waals surface area contributed by atoms with Gasteiger partial charge in [-0.2, -0.15) is 5.10 Å². The van der Waals surface area contributed by atoms with Crippen LogP contribution in [0, 0.1) is 0 Å². The largest absolute Gasteiger partial charge is 0.322 e. The van der Waals surface area contributed by atoms with Gasteiger partial charge in [0.1, 0.15) is 0 Å². The third-order valence-corrected chi connectivity index (χ3v) is 2.86. The Kier molecular flexibility index (Phi) is 3.54. The highest BCUT2D eigenvalue weighted by Gasteiger charge is 2.13. The summed E-state index contributed by atoms with van der Waals surface area (Å²) in [6, 6.07) is 7.91. The second-order valence-electron chi connectivity index (χ2n) is 4.17. The molecule has 2 heterocycles. The van der Waals surface area contributed by atoms with Gasteiger partial charge in [-0.25, -0.2) is 0 Å². The molecule has 2 rings (SSSR count). The molecule has 2 aromatic rings. The summed E-state index contributed by atoms with van der Waals surface area (Å²) >= 11 is 0. The molecule has 2 N–H and O–H groups in total. The fourth-order valence-electron chi connectivity index (χ4n) is 1.91. The molecule has 2 aromatic heterocycles. The summed E-state index contributed by atoms with van der Waals surface area (Å²) < 4.78 is 1.87. The van der Waals surface area contributed by atoms with E-state index in [0.717, 1.165) is 29.9 Å². The zero-order chi connectivity index (χ0) is 12.3. The van der Waals surface area contributed by atoms with Crippen LogP contribution in [0.3, 0.4) is 0 Å². The molecule has 0 saturated heterocycles. The molecule has 4 heteroatoms. The maximum Gasteiger partial charge on any atom is 0.0625 e. The van der Waals surface area contributed by atoms with E-state index in [4.69, 9.17) is 5.73 Å². The first kappa shape index (κ1) is 11.8. The molecule has 0 aromatic carbocycles. The average Bonchev–Trinajstić information content (AvgIpc) is 2.72. The summed E-state index contributed by atoms with van der Waals surface area (Å²) in [4.78, 5) is 4.29. The van der Waals surface area contributed by atoms with Crippen LogP contribution in [0.1, 0.15) is 30.0 Å². The zero-order valence-corrected chi connectivity index (χ0v) is 10.3. The summed E-state index contributed by atoms with van der Waals surface area (Å²) in [5, 5.41) is 4.41. The van der Waals surface area contributed by atoms with Crippen molar-refractivity contribution in [1.82, 2.24) is 14.8 Å². The van der Waals surface area contributed by atoms with Gasteiger partial charge in [0.05, 0.1) is 17.4 Å². The normalized spacial score (nSPS) is 12.6. The molecule has 0 amide bonds. The lowest BCUT2D eigenvalue weighted by atomic mass is 10.1. The van der Waals surface area contributed by atoms with Gasteiger partial charge in [-0.15, -0.1) is 0 Å². The maximum atomic E-state index is 6.20. The Morgan fingerprint density at radius 2 is 2.18 bits per heavy atom. The summed E-state index contributed by atoms with van der Waals surface area (Å²) in [6.07, 6.45) is 3.47. The monoisotopic (exact) mass is 230 g/mol. The van der Waals surface area contributed by atoms with Crippen molar-refractivity contribution in [2.45, 2.75) is 25.8 Å². The topological polar surface area (TPSA) is 56.7 Å². The van der Waals surface area contributed by atoms with Crippen LogP contribution in [0.4, 0.5) is 0 Å². The van der Waals surface area contributed by atoms with Crippen molar-refractivity contribution in [3.8, 4) is 0 Å². The molecule has 17 heavy (non-hydrogen) atoms. The Morgan fingerprint density at radius 3 is 2.76 bits per heavy atom. The first-order valence-electron chi connectivity index (χ1n) is 5.89. The number of hydrogen-bond acceptors (Lipinski definition) is 3. The van der Waals surface area contributed by atoms with Crippen LogP contribution in [-0.4, -0.2) is 14.8 Å². The van der Waals surface area contributed by atoms with Gasteiger partial charge in [-0.1, -0.05) is 13.0 Å². The summed E-state index contributed by atoms with van der Waals surface area (Å²) in [6.45, 7) is 2.09. The fourth-order valence-corrected chi connectivity index (χ4v) is 1.91. The molecule has 0 saturated carbocycles. The van der Waals surface area contributed by atoms with Gasteiger partial charge in [-0.3, -0.25) is 9.67 Å². The van der Waals surface area contributed by atoms with Crippen LogP contribution >= 0.6 is 0 Å². The molecule has 1 unspecified atom stereocenters. The lowest BCUT2D eigenvalue weighted by Gasteiger charge is -2.11. The summed E-state index contributed by atoms with van der Waals surface area (Å²) in [5.41, 5.74) is 9.35. The number of hydrogen-bond donors (Lipinski definition) is 1. The van der Waals surface area contributed by atoms with E-state index < -0.39 is 0 Å². The number of aromatic nitrogens is 3. The summed E-state index contributed by atoms with van der Waals surface area (Å²) in [7, 11) is 1.94. The van der Waals surface area contributed by atoms with Crippen LogP contribution < -0.4 is 5.73 Å². The Hall–Kier alpha value is -1.68. The second-order valence-corrected chi connectivity index (χ2v) is 4.17. The minimum absolute atomic E-state index is 0.0531. The van der Waals surface area contributed by atoms with Crippen LogP contribution in [0.25, 0.3) is 0 Å². The average molecular weight is 230 g/mol. The molecular formula is C13H18N4. The van der Waals surface area contributed by atoms with Crippen molar-refractivity contribution < 1.29 is 0 Å². The Morgan fingerprint density at radius 1 is 1.35 bits per heavy atom. The van der Waals surface area contributed by atoms with Crippen LogP contribution in [0.15, 0.2) is 30.5 Å². The molecule has 0 aliphatic rings. The Labute approximate surface area is 101 Å². The number of nitrogens with zero attached hydrogens (tertiary/aromatic N) is 3. The molecule has 0 radical (unpaired) electrons. The minimum Gasteiger partial charge on any atom is -0.322 e. The van der Waals surface area contributed by atoms with Crippen molar-refractivity contribution in [3.05, 3.63) is 47.5 Å². The van der Waals surface area contributed by atoms with E-state index in [2.05, 4.69) is 23.1 Å². The first-order chi connectivity index (χ1) is 8.20. The van der Waals surface area contributed by atoms with E-state index in [1.54, 1.807) is 6.20 Å². The first-order valence-corrected chi connectivity index (χ1v) is 5.89. The van der Waals surface area contributed by atoms with Gasteiger partial charge in [0.2, 0.25) is 0 Å². The van der Waals surface area contributed by atoms with E-state index >= 15 is 0 Å². The van der Waals surface area contributed by atoms with E-state index in [9.17, 15) is 0 Å². The van der Waals surface area contributed by atoms with Gasteiger partial charge in [0.25, 0.3) is 0 Å². The summed E-state index contributed by atoms with van der Waals surface area (Å²) in [5.74, 6) is 0. The van der Waals surface area contributed by atoms with Crippen molar-refractivity contribution in [2.24, 2.45) is 12.8 Å². The SMILES string of the molecule is CCc1cc(C(N)Cc2ccccn2)n(C)n1. The maximum absolute atomic E-state index is 6.20. The van der Waals surface area contributed by atoms with E-state index in [-0.39, 0.29) is 6.04 Å². The molecular weight excluding hydrogens is 212 g/mol. The second kappa shape index (κ2) is 5.10. The molecule has 0 aliphatic carbocycles. The van der Waals surface area contributed by atoms with Gasteiger partial charge in [0.15, 0.2) is 0 Å². The molecule has 1 atom stereocenters. The van der Waals surface area contributed by atoms with Gasteiger partial charge in [-0.05, 0) is 24.6 Å². The predicted molar refractivity (Wildman–Crippen MR) is 67.5 cm³/mol. The van der Waals surface area contributed by atoms with E-state index in [1.165, 1.54) is 0 Å².